The van der Waals surface area contributed by atoms with Gasteiger partial charge in [-0.2, -0.15) is 5.10 Å². The minimum atomic E-state index is -1.16. The largest absolute Gasteiger partial charge is 0.494 e. The van der Waals surface area contributed by atoms with E-state index in [2.05, 4.69) is 36.3 Å². The summed E-state index contributed by atoms with van der Waals surface area (Å²) in [5.41, 5.74) is 10.5. The molecule has 0 radical (unpaired) electrons. The number of benzene rings is 1. The maximum absolute atomic E-state index is 14.4. The van der Waals surface area contributed by atoms with E-state index in [9.17, 15) is 9.18 Å². The highest BCUT2D eigenvalue weighted by atomic mass is 19.1. The topological polar surface area (TPSA) is 135 Å². The molecule has 0 unspecified atom stereocenters. The van der Waals surface area contributed by atoms with Gasteiger partial charge in [-0.05, 0) is 61.6 Å². The van der Waals surface area contributed by atoms with Gasteiger partial charge in [-0.1, -0.05) is 0 Å². The first-order chi connectivity index (χ1) is 22.4. The van der Waals surface area contributed by atoms with Crippen molar-refractivity contribution >= 4 is 28.0 Å². The summed E-state index contributed by atoms with van der Waals surface area (Å²) in [6, 6.07) is 10.9. The first-order valence-electron chi connectivity index (χ1n) is 15.5. The van der Waals surface area contributed by atoms with Crippen molar-refractivity contribution < 1.29 is 13.9 Å². The molecule has 1 aliphatic carbocycles. The molecule has 1 amide bonds. The van der Waals surface area contributed by atoms with E-state index >= 15 is 0 Å². The van der Waals surface area contributed by atoms with E-state index < -0.39 is 12.2 Å². The molecule has 1 saturated heterocycles. The molecule has 2 fully saturated rings. The molecule has 2 atom stereocenters. The fourth-order valence-corrected chi connectivity index (χ4v) is 6.44. The van der Waals surface area contributed by atoms with Gasteiger partial charge in [-0.15, -0.1) is 0 Å². The first kappa shape index (κ1) is 28.3. The van der Waals surface area contributed by atoms with Crippen molar-refractivity contribution in [3.8, 4) is 23.2 Å². The third-order valence-corrected chi connectivity index (χ3v) is 8.75. The lowest BCUT2D eigenvalue weighted by atomic mass is 10.0. The van der Waals surface area contributed by atoms with E-state index in [-0.39, 0.29) is 18.9 Å². The summed E-state index contributed by atoms with van der Waals surface area (Å²) in [5, 5.41) is 5.54. The number of likely N-dealkylation sites (tertiary alicyclic amines) is 1. The summed E-state index contributed by atoms with van der Waals surface area (Å²) in [5.74, 6) is 1.95. The number of hydrogen-bond donors (Lipinski definition) is 1. The summed E-state index contributed by atoms with van der Waals surface area (Å²) >= 11 is 0. The van der Waals surface area contributed by atoms with Crippen LogP contribution >= 0.6 is 0 Å². The number of halogens is 1. The van der Waals surface area contributed by atoms with Crippen LogP contribution in [0.2, 0.25) is 0 Å². The van der Waals surface area contributed by atoms with Gasteiger partial charge in [0.25, 0.3) is 5.91 Å². The second kappa shape index (κ2) is 11.3. The molecule has 5 aromatic heterocycles. The SMILES string of the molecule is COc1cc(C(=O)N2C[C@H](N)C[C@@H](F)C2)cc2nc(-c3cc4cccnc4n3CC3CC3)n(Cc3cnn(-c4ncccn4)c3)c12. The number of rotatable bonds is 8. The van der Waals surface area contributed by atoms with Crippen molar-refractivity contribution in [1.82, 2.24) is 43.8 Å². The molecule has 6 aromatic rings. The van der Waals surface area contributed by atoms with Crippen molar-refractivity contribution in [1.29, 1.82) is 0 Å². The van der Waals surface area contributed by atoms with Gasteiger partial charge in [0.1, 0.15) is 23.1 Å². The number of nitrogens with zero attached hydrogens (tertiary/aromatic N) is 9. The molecule has 6 heterocycles. The monoisotopic (exact) mass is 620 g/mol. The zero-order valence-corrected chi connectivity index (χ0v) is 25.3. The number of imidazole rings is 1. The summed E-state index contributed by atoms with van der Waals surface area (Å²) in [6.45, 7) is 1.55. The molecular formula is C33H33FN10O2. The standard InChI is InChI=1S/C33H33FN10O2/c1-46-28-12-23(32(45)41-18-24(34)13-25(35)19-41)10-26-29(28)43(16-21-14-39-44(17-21)33-37-8-3-9-38-33)31(40-26)27-11-22-4-2-7-36-30(22)42(27)15-20-5-6-20/h2-4,7-12,14,17,20,24-25H,5-6,13,15-16,18-19,35H2,1H3/t24-,25-/m1/s1. The van der Waals surface area contributed by atoms with Crippen molar-refractivity contribution in [2.45, 2.75) is 44.6 Å². The molecule has 0 spiro atoms. The Balaban J connectivity index is 1.29. The van der Waals surface area contributed by atoms with Crippen LogP contribution in [0.1, 0.15) is 35.2 Å². The van der Waals surface area contributed by atoms with Crippen LogP contribution in [0, 0.1) is 5.92 Å². The lowest BCUT2D eigenvalue weighted by Crippen LogP contribution is -2.50. The number of pyridine rings is 1. The highest BCUT2D eigenvalue weighted by Gasteiger charge is 2.31. The molecular weight excluding hydrogens is 587 g/mol. The number of carbonyl (C=O) groups is 1. The van der Waals surface area contributed by atoms with E-state index in [1.54, 1.807) is 48.6 Å². The number of alkyl halides is 1. The van der Waals surface area contributed by atoms with Crippen LogP contribution in [0.15, 0.2) is 67.4 Å². The van der Waals surface area contributed by atoms with Crippen molar-refractivity contribution in [2.75, 3.05) is 20.2 Å². The number of piperidine rings is 1. The molecule has 234 valence electrons. The smallest absolute Gasteiger partial charge is 0.254 e. The summed E-state index contributed by atoms with van der Waals surface area (Å²) < 4.78 is 26.3. The number of methoxy groups -OCH3 is 1. The minimum Gasteiger partial charge on any atom is -0.494 e. The van der Waals surface area contributed by atoms with Gasteiger partial charge in [-0.25, -0.2) is 29.0 Å². The third kappa shape index (κ3) is 5.15. The van der Waals surface area contributed by atoms with E-state index in [0.29, 0.717) is 47.6 Å². The van der Waals surface area contributed by atoms with E-state index in [4.69, 9.17) is 20.4 Å². The van der Waals surface area contributed by atoms with Crippen molar-refractivity contribution in [3.63, 3.8) is 0 Å². The molecule has 8 rings (SSSR count). The van der Waals surface area contributed by atoms with Crippen LogP contribution in [0.4, 0.5) is 4.39 Å². The molecule has 0 bridgehead atoms. The van der Waals surface area contributed by atoms with Crippen molar-refractivity contribution in [2.24, 2.45) is 11.7 Å². The molecule has 1 saturated carbocycles. The number of hydrogen-bond acceptors (Lipinski definition) is 8. The Morgan fingerprint density at radius 2 is 1.89 bits per heavy atom. The quantitative estimate of drug-likeness (QED) is 0.270. The Labute approximate surface area is 263 Å². The van der Waals surface area contributed by atoms with Gasteiger partial charge < -0.3 is 24.5 Å². The lowest BCUT2D eigenvalue weighted by Gasteiger charge is -2.33. The predicted octanol–water partition coefficient (Wildman–Crippen LogP) is 4.01. The van der Waals surface area contributed by atoms with Gasteiger partial charge in [0.05, 0.1) is 37.6 Å². The molecule has 13 heteroatoms. The summed E-state index contributed by atoms with van der Waals surface area (Å²) in [4.78, 5) is 33.7. The average Bonchev–Trinajstić information content (AvgIpc) is 3.47. The van der Waals surface area contributed by atoms with E-state index in [1.165, 1.54) is 17.7 Å². The number of amides is 1. The zero-order valence-electron chi connectivity index (χ0n) is 25.3. The Hall–Kier alpha value is -5.17. The van der Waals surface area contributed by atoms with Gasteiger partial charge in [0, 0.05) is 60.4 Å². The maximum Gasteiger partial charge on any atom is 0.254 e. The minimum absolute atomic E-state index is 0.00989. The van der Waals surface area contributed by atoms with Crippen LogP contribution in [0.25, 0.3) is 39.5 Å². The maximum atomic E-state index is 14.4. The Bertz CT molecular complexity index is 2060. The van der Waals surface area contributed by atoms with E-state index in [1.807, 2.05) is 18.5 Å². The van der Waals surface area contributed by atoms with Crippen molar-refractivity contribution in [3.05, 3.63) is 78.5 Å². The molecule has 2 aliphatic rings. The van der Waals surface area contributed by atoms with Crippen LogP contribution in [-0.2, 0) is 13.1 Å². The van der Waals surface area contributed by atoms with Crippen LogP contribution in [-0.4, -0.2) is 82.1 Å². The third-order valence-electron chi connectivity index (χ3n) is 8.75. The van der Waals surface area contributed by atoms with Crippen LogP contribution in [0.3, 0.4) is 0 Å². The molecule has 2 N–H and O–H groups in total. The van der Waals surface area contributed by atoms with Crippen LogP contribution in [0.5, 0.6) is 5.75 Å². The number of aromatic nitrogens is 8. The fraction of sp³-hybridized carbons (Fsp3) is 0.333. The lowest BCUT2D eigenvalue weighted by molar-refractivity contribution is 0.0606. The Morgan fingerprint density at radius 1 is 1.07 bits per heavy atom. The average molecular weight is 621 g/mol. The number of carbonyl (C=O) groups excluding carboxylic acids is 1. The number of nitrogens with two attached hydrogens (primary N) is 1. The normalized spacial score (nSPS) is 18.5. The van der Waals surface area contributed by atoms with Gasteiger partial charge in [0.15, 0.2) is 5.82 Å². The second-order valence-electron chi connectivity index (χ2n) is 12.2. The Kier molecular flexibility index (Phi) is 6.97. The zero-order chi connectivity index (χ0) is 31.4. The van der Waals surface area contributed by atoms with Gasteiger partial charge in [0.2, 0.25) is 5.95 Å². The summed E-state index contributed by atoms with van der Waals surface area (Å²) in [7, 11) is 1.58. The highest BCUT2D eigenvalue weighted by molar-refractivity contribution is 6.00. The predicted molar refractivity (Wildman–Crippen MR) is 169 cm³/mol. The second-order valence-corrected chi connectivity index (χ2v) is 12.2. The Morgan fingerprint density at radius 3 is 2.67 bits per heavy atom. The first-order valence-corrected chi connectivity index (χ1v) is 15.5. The molecule has 1 aromatic carbocycles. The van der Waals surface area contributed by atoms with Gasteiger partial charge >= 0.3 is 0 Å². The van der Waals surface area contributed by atoms with Crippen LogP contribution < -0.4 is 10.5 Å². The number of ether oxygens (including phenoxy) is 1. The highest BCUT2D eigenvalue weighted by Crippen LogP contribution is 2.38. The van der Waals surface area contributed by atoms with Gasteiger partial charge in [-0.3, -0.25) is 4.79 Å². The number of fused-ring (bicyclic) bond motifs is 2. The molecule has 1 aliphatic heterocycles. The molecule has 12 nitrogen and oxygen atoms in total. The molecule has 46 heavy (non-hydrogen) atoms. The summed E-state index contributed by atoms with van der Waals surface area (Å²) in [6.07, 6.45) is 10.3. The van der Waals surface area contributed by atoms with E-state index in [0.717, 1.165) is 34.4 Å². The fourth-order valence-electron chi connectivity index (χ4n) is 6.44.